The number of rotatable bonds is 0. The van der Waals surface area contributed by atoms with Crippen LogP contribution in [0.5, 0.6) is 0 Å². The first-order valence-electron chi connectivity index (χ1n) is 2.97. The summed E-state index contributed by atoms with van der Waals surface area (Å²) in [5, 5.41) is 0. The molecule has 0 saturated heterocycles. The van der Waals surface area contributed by atoms with Crippen molar-refractivity contribution in [3.05, 3.63) is 20.8 Å². The number of allylic oxidation sites excluding steroid dienone is 4. The van der Waals surface area contributed by atoms with E-state index in [0.29, 0.717) is 0 Å². The van der Waals surface area contributed by atoms with Gasteiger partial charge >= 0.3 is 66.7 Å². The molecule has 0 amide bonds. The van der Waals surface area contributed by atoms with Crippen LogP contribution < -0.4 is 0 Å². The van der Waals surface area contributed by atoms with Crippen LogP contribution >= 0.6 is 0 Å². The summed E-state index contributed by atoms with van der Waals surface area (Å²) < 4.78 is 1.70. The average Bonchev–Trinajstić information content (AvgIpc) is 1.77. The molecule has 0 aromatic rings. The second-order valence-electron chi connectivity index (χ2n) is 2.34. The van der Waals surface area contributed by atoms with Gasteiger partial charge in [-0.05, 0) is 0 Å². The van der Waals surface area contributed by atoms with Crippen LogP contribution in [-0.2, 0) is 26.1 Å². The van der Waals surface area contributed by atoms with E-state index < -0.39 is 0 Å². The van der Waals surface area contributed by atoms with Gasteiger partial charge in [0.1, 0.15) is 0 Å². The van der Waals surface area contributed by atoms with Gasteiger partial charge in [-0.3, -0.25) is 0 Å². The van der Waals surface area contributed by atoms with Gasteiger partial charge < -0.3 is 0 Å². The van der Waals surface area contributed by atoms with E-state index in [1.54, 1.807) is 8.65 Å². The Morgan fingerprint density at radius 3 is 2.50 bits per heavy atom. The minimum atomic E-state index is 0.888. The Morgan fingerprint density at radius 2 is 2.12 bits per heavy atom. The van der Waals surface area contributed by atoms with E-state index in [1.165, 1.54) is 12.8 Å². The summed E-state index contributed by atoms with van der Waals surface area (Å²) in [6.45, 7) is 2.21. The van der Waals surface area contributed by atoms with Crippen molar-refractivity contribution in [1.29, 1.82) is 0 Å². The van der Waals surface area contributed by atoms with Gasteiger partial charge in [-0.2, -0.15) is 0 Å². The predicted octanol–water partition coefficient (Wildman–Crippen LogP) is 2.16. The molecule has 0 N–H and O–H groups in total. The number of hydrogen-bond acceptors (Lipinski definition) is 0. The summed E-state index contributed by atoms with van der Waals surface area (Å²) in [4.78, 5) is 0. The molecule has 0 fully saturated rings. The Morgan fingerprint density at radius 1 is 1.38 bits per heavy atom. The van der Waals surface area contributed by atoms with Crippen LogP contribution in [0, 0.1) is 0 Å². The molecule has 39 valence electrons. The Hall–Kier alpha value is 0.415. The van der Waals surface area contributed by atoms with Gasteiger partial charge in [0, 0.05) is 0 Å². The first-order chi connectivity index (χ1) is 3.79. The first-order valence-corrected chi connectivity index (χ1v) is 5.72. The van der Waals surface area contributed by atoms with Gasteiger partial charge in [-0.25, -0.2) is 0 Å². The van der Waals surface area contributed by atoms with Crippen LogP contribution in [0.15, 0.2) is 20.8 Å². The van der Waals surface area contributed by atoms with Crippen molar-refractivity contribution >= 4 is 0 Å². The standard InChI is InChI=1S/C7H9.Hg/c1-7-5-3-2-4-6-7;/h3,5H,4,6H2,1H3;. The molecule has 1 aliphatic rings. The van der Waals surface area contributed by atoms with Gasteiger partial charge in [0.15, 0.2) is 0 Å². The molecule has 0 saturated carbocycles. The summed E-state index contributed by atoms with van der Waals surface area (Å²) in [5.41, 5.74) is 1.54. The van der Waals surface area contributed by atoms with Crippen molar-refractivity contribution < 1.29 is 26.1 Å². The summed E-state index contributed by atoms with van der Waals surface area (Å²) >= 11 is 0.888. The Bertz CT molecular complexity index is 124. The molecule has 1 rings (SSSR count). The second-order valence-corrected chi connectivity index (χ2v) is 5.87. The predicted molar refractivity (Wildman–Crippen MR) is 31.1 cm³/mol. The molecule has 8 heavy (non-hydrogen) atoms. The zero-order valence-electron chi connectivity index (χ0n) is 5.28. The van der Waals surface area contributed by atoms with Gasteiger partial charge in [-0.1, -0.05) is 0 Å². The fraction of sp³-hybridized carbons (Fsp3) is 0.429. The van der Waals surface area contributed by atoms with Crippen molar-refractivity contribution in [1.82, 2.24) is 0 Å². The minimum absolute atomic E-state index is 0.888. The van der Waals surface area contributed by atoms with E-state index in [-0.39, 0.29) is 0 Å². The molecule has 0 aromatic heterocycles. The molecule has 0 radical (unpaired) electrons. The van der Waals surface area contributed by atoms with Crippen LogP contribution in [0.1, 0.15) is 19.8 Å². The molecule has 1 heteroatoms. The molecule has 0 aliphatic heterocycles. The maximum absolute atomic E-state index is 2.29. The molecular weight excluding hydrogens is 285 g/mol. The third-order valence-corrected chi connectivity index (χ3v) is 3.73. The van der Waals surface area contributed by atoms with Gasteiger partial charge in [0.05, 0.1) is 0 Å². The van der Waals surface area contributed by atoms with Crippen molar-refractivity contribution in [2.24, 2.45) is 0 Å². The summed E-state index contributed by atoms with van der Waals surface area (Å²) in [6.07, 6.45) is 7.22. The first kappa shape index (κ1) is 6.53. The van der Waals surface area contributed by atoms with Crippen LogP contribution in [0.3, 0.4) is 0 Å². The molecule has 1 aliphatic carbocycles. The molecule has 0 aromatic carbocycles. The quantitative estimate of drug-likeness (QED) is 0.601. The van der Waals surface area contributed by atoms with Crippen molar-refractivity contribution in [2.75, 3.05) is 0 Å². The molecular formula is C7H9Hg. The third kappa shape index (κ3) is 1.73. The molecule has 0 heterocycles. The van der Waals surface area contributed by atoms with Crippen molar-refractivity contribution in [3.63, 3.8) is 0 Å². The third-order valence-electron chi connectivity index (χ3n) is 1.44. The van der Waals surface area contributed by atoms with Crippen molar-refractivity contribution in [3.8, 4) is 0 Å². The summed E-state index contributed by atoms with van der Waals surface area (Å²) in [7, 11) is 0. The van der Waals surface area contributed by atoms with E-state index in [0.717, 1.165) is 26.1 Å². The Kier molecular flexibility index (Phi) is 2.30. The maximum atomic E-state index is 2.29. The van der Waals surface area contributed by atoms with Crippen molar-refractivity contribution in [2.45, 2.75) is 19.8 Å². The molecule has 0 bridgehead atoms. The fourth-order valence-corrected chi connectivity index (χ4v) is 1.93. The van der Waals surface area contributed by atoms with Crippen LogP contribution in [0.25, 0.3) is 0 Å². The topological polar surface area (TPSA) is 0 Å². The van der Waals surface area contributed by atoms with Gasteiger partial charge in [0.2, 0.25) is 0 Å². The Labute approximate surface area is 66.6 Å². The zero-order valence-corrected chi connectivity index (χ0v) is 10.8. The fourth-order valence-electron chi connectivity index (χ4n) is 0.785. The molecule has 0 unspecified atom stereocenters. The van der Waals surface area contributed by atoms with Gasteiger partial charge in [0.25, 0.3) is 0 Å². The van der Waals surface area contributed by atoms with E-state index >= 15 is 0 Å². The van der Waals surface area contributed by atoms with Crippen LogP contribution in [0.4, 0.5) is 0 Å². The summed E-state index contributed by atoms with van der Waals surface area (Å²) in [5.74, 6) is 0. The van der Waals surface area contributed by atoms with E-state index in [9.17, 15) is 0 Å². The monoisotopic (exact) mass is 295 g/mol. The van der Waals surface area contributed by atoms with E-state index in [4.69, 9.17) is 0 Å². The molecule has 0 nitrogen and oxygen atoms in total. The van der Waals surface area contributed by atoms with E-state index in [1.807, 2.05) is 0 Å². The second kappa shape index (κ2) is 2.81. The van der Waals surface area contributed by atoms with Crippen LogP contribution in [-0.4, -0.2) is 0 Å². The number of hydrogen-bond donors (Lipinski definition) is 0. The average molecular weight is 294 g/mol. The van der Waals surface area contributed by atoms with Crippen LogP contribution in [0.2, 0.25) is 0 Å². The SMILES string of the molecule is CC1=CC=[C]([Hg])CC1. The zero-order chi connectivity index (χ0) is 5.98. The molecule has 0 spiro atoms. The molecule has 0 atom stereocenters. The summed E-state index contributed by atoms with van der Waals surface area (Å²) in [6, 6.07) is 0. The normalized spacial score (nSPS) is 19.9. The van der Waals surface area contributed by atoms with E-state index in [2.05, 4.69) is 19.1 Å². The van der Waals surface area contributed by atoms with Gasteiger partial charge in [-0.15, -0.1) is 0 Å². The Balaban J connectivity index is 2.65.